The standard InChI is InChI=1S/C7H5.C6H5O2.Fe/c1-2-7-5-3-4-6-7;7-6(8)5-3-1-2-4-5;/h1,3-6H;1-4H,(H,7,8);/q;;+2. The topological polar surface area (TPSA) is 37.3 Å². The van der Waals surface area contributed by atoms with Crippen molar-refractivity contribution >= 4 is 5.97 Å². The minimum Gasteiger partial charge on any atom is -0.481 e. The van der Waals surface area contributed by atoms with E-state index in [2.05, 4.69) is 5.92 Å². The van der Waals surface area contributed by atoms with Crippen LogP contribution in [0.5, 0.6) is 0 Å². The van der Waals surface area contributed by atoms with Crippen LogP contribution >= 0.6 is 0 Å². The van der Waals surface area contributed by atoms with Gasteiger partial charge in [-0.25, -0.2) is 0 Å². The summed E-state index contributed by atoms with van der Waals surface area (Å²) in [7, 11) is 0. The maximum Gasteiger partial charge on any atom is 2.00 e. The van der Waals surface area contributed by atoms with Crippen LogP contribution in [0, 0.1) is 75.5 Å². The van der Waals surface area contributed by atoms with Gasteiger partial charge in [0.05, 0.1) is 11.8 Å². The number of aliphatic carboxylic acids is 1. The molecule has 2 nitrogen and oxygen atoms in total. The van der Waals surface area contributed by atoms with E-state index in [1.807, 2.05) is 25.7 Å². The van der Waals surface area contributed by atoms with Gasteiger partial charge in [-0.15, -0.1) is 6.42 Å². The van der Waals surface area contributed by atoms with E-state index in [-0.39, 0.29) is 17.1 Å². The van der Waals surface area contributed by atoms with Crippen molar-refractivity contribution in [3.8, 4) is 12.3 Å². The molecule has 0 heterocycles. The molecule has 0 atom stereocenters. The van der Waals surface area contributed by atoms with Crippen LogP contribution in [0.15, 0.2) is 0 Å². The van der Waals surface area contributed by atoms with Crippen molar-refractivity contribution in [1.82, 2.24) is 0 Å². The molecule has 2 saturated carbocycles. The Kier molecular flexibility index (Phi) is 8.43. The van der Waals surface area contributed by atoms with Crippen molar-refractivity contribution in [2.75, 3.05) is 0 Å². The van der Waals surface area contributed by atoms with Gasteiger partial charge in [0.15, 0.2) is 0 Å². The number of carboxylic acids is 1. The van der Waals surface area contributed by atoms with E-state index in [1.165, 1.54) is 0 Å². The number of hydrogen-bond donors (Lipinski definition) is 1. The molecular formula is C13H10FeO2+2. The number of carboxylic acid groups (broad SMARTS) is 1. The fraction of sp³-hybridized carbons (Fsp3) is 0. The second-order valence-electron chi connectivity index (χ2n) is 2.80. The Morgan fingerprint density at radius 1 is 1.06 bits per heavy atom. The summed E-state index contributed by atoms with van der Waals surface area (Å²) in [6.07, 6.45) is 19.2. The van der Waals surface area contributed by atoms with E-state index in [0.29, 0.717) is 5.92 Å². The van der Waals surface area contributed by atoms with Crippen molar-refractivity contribution in [1.29, 1.82) is 0 Å². The average molecular weight is 254 g/mol. The summed E-state index contributed by atoms with van der Waals surface area (Å²) >= 11 is 0. The van der Waals surface area contributed by atoms with Gasteiger partial charge in [-0.3, -0.25) is 4.79 Å². The molecule has 0 aromatic carbocycles. The number of rotatable bonds is 1. The molecular weight excluding hydrogens is 244 g/mol. The molecule has 3 heteroatoms. The molecule has 2 aliphatic rings. The molecule has 0 saturated heterocycles. The first-order valence-electron chi connectivity index (χ1n) is 4.37. The van der Waals surface area contributed by atoms with Gasteiger partial charge < -0.3 is 5.11 Å². The summed E-state index contributed by atoms with van der Waals surface area (Å²) in [6.45, 7) is 0. The third kappa shape index (κ3) is 5.58. The zero-order valence-corrected chi connectivity index (χ0v) is 9.51. The SMILES string of the molecule is C#C[C]1[CH][CH][CH][CH]1.O=C(O)[C]1[CH][CH][CH][CH]1.[Fe+2]. The van der Waals surface area contributed by atoms with Crippen LogP contribution in [0.1, 0.15) is 0 Å². The summed E-state index contributed by atoms with van der Waals surface area (Å²) in [5.74, 6) is 2.95. The molecule has 0 unspecified atom stereocenters. The molecule has 2 rings (SSSR count). The average Bonchev–Trinajstić information content (AvgIpc) is 2.92. The van der Waals surface area contributed by atoms with Crippen molar-refractivity contribution in [3.05, 3.63) is 63.2 Å². The van der Waals surface area contributed by atoms with E-state index in [0.717, 1.165) is 5.92 Å². The maximum atomic E-state index is 10.1. The fourth-order valence-corrected chi connectivity index (χ4v) is 0.987. The van der Waals surface area contributed by atoms with Crippen LogP contribution in [0.25, 0.3) is 0 Å². The first kappa shape index (κ1) is 15.5. The Balaban J connectivity index is 0.000000267. The van der Waals surface area contributed by atoms with Crippen LogP contribution in [-0.2, 0) is 21.9 Å². The van der Waals surface area contributed by atoms with Crippen LogP contribution in [0.3, 0.4) is 0 Å². The molecule has 2 aliphatic carbocycles. The van der Waals surface area contributed by atoms with Crippen LogP contribution in [0.4, 0.5) is 0 Å². The van der Waals surface area contributed by atoms with Gasteiger partial charge in [-0.2, -0.15) is 0 Å². The first-order chi connectivity index (χ1) is 7.24. The van der Waals surface area contributed by atoms with Gasteiger partial charge in [-0.1, -0.05) is 5.92 Å². The largest absolute Gasteiger partial charge is 2.00 e. The molecule has 1 N–H and O–H groups in total. The van der Waals surface area contributed by atoms with Gasteiger partial charge >= 0.3 is 23.0 Å². The summed E-state index contributed by atoms with van der Waals surface area (Å²) in [5, 5.41) is 8.27. The Morgan fingerprint density at radius 3 is 1.75 bits per heavy atom. The van der Waals surface area contributed by atoms with Gasteiger partial charge in [0.2, 0.25) is 0 Å². The number of carbonyl (C=O) groups is 1. The minimum absolute atomic E-state index is 0. The summed E-state index contributed by atoms with van der Waals surface area (Å²) < 4.78 is 0. The predicted molar refractivity (Wildman–Crippen MR) is 57.4 cm³/mol. The zero-order valence-electron chi connectivity index (χ0n) is 8.41. The fourth-order valence-electron chi connectivity index (χ4n) is 0.987. The van der Waals surface area contributed by atoms with Gasteiger partial charge in [0, 0.05) is 0 Å². The molecule has 2 fully saturated rings. The first-order valence-corrected chi connectivity index (χ1v) is 4.37. The van der Waals surface area contributed by atoms with Crippen molar-refractivity contribution < 1.29 is 27.0 Å². The van der Waals surface area contributed by atoms with Gasteiger partial charge in [0.25, 0.3) is 0 Å². The van der Waals surface area contributed by atoms with Gasteiger partial charge in [0.1, 0.15) is 0 Å². The summed E-state index contributed by atoms with van der Waals surface area (Å²) in [6, 6.07) is 0. The van der Waals surface area contributed by atoms with Crippen molar-refractivity contribution in [3.63, 3.8) is 0 Å². The smallest absolute Gasteiger partial charge is 0.481 e. The second-order valence-corrected chi connectivity index (χ2v) is 2.80. The van der Waals surface area contributed by atoms with Crippen LogP contribution in [0.2, 0.25) is 0 Å². The van der Waals surface area contributed by atoms with Crippen molar-refractivity contribution in [2.24, 2.45) is 0 Å². The third-order valence-electron chi connectivity index (χ3n) is 1.74. The Morgan fingerprint density at radius 2 is 1.50 bits per heavy atom. The predicted octanol–water partition coefficient (Wildman–Crippen LogP) is 1.50. The Hall–Kier alpha value is -0.451. The van der Waals surface area contributed by atoms with E-state index in [9.17, 15) is 4.79 Å². The molecule has 0 amide bonds. The normalized spacial score (nSPS) is 20.4. The molecule has 0 spiro atoms. The second kappa shape index (κ2) is 8.67. The molecule has 16 heavy (non-hydrogen) atoms. The van der Waals surface area contributed by atoms with E-state index >= 15 is 0 Å². The number of terminal acetylenes is 1. The third-order valence-corrected chi connectivity index (χ3v) is 1.74. The monoisotopic (exact) mass is 254 g/mol. The van der Waals surface area contributed by atoms with Crippen molar-refractivity contribution in [2.45, 2.75) is 0 Å². The molecule has 0 bridgehead atoms. The minimum atomic E-state index is -0.866. The zero-order chi connectivity index (χ0) is 11.1. The summed E-state index contributed by atoms with van der Waals surface area (Å²) in [5.41, 5.74) is 0. The van der Waals surface area contributed by atoms with Gasteiger partial charge in [-0.05, 0) is 51.4 Å². The quantitative estimate of drug-likeness (QED) is 0.568. The van der Waals surface area contributed by atoms with Crippen LogP contribution < -0.4 is 0 Å². The summed E-state index contributed by atoms with van der Waals surface area (Å²) in [4.78, 5) is 10.1. The maximum absolute atomic E-state index is 10.1. The number of hydrogen-bond acceptors (Lipinski definition) is 1. The molecule has 10 radical (unpaired) electrons. The van der Waals surface area contributed by atoms with E-state index < -0.39 is 5.97 Å². The molecule has 80 valence electrons. The van der Waals surface area contributed by atoms with E-state index in [1.54, 1.807) is 25.7 Å². The molecule has 0 aliphatic heterocycles. The molecule has 0 aromatic rings. The van der Waals surface area contributed by atoms with E-state index in [4.69, 9.17) is 11.5 Å². The molecule has 0 aromatic heterocycles. The Bertz CT molecular complexity index is 233. The Labute approximate surface area is 109 Å². The van der Waals surface area contributed by atoms with Crippen LogP contribution in [-0.4, -0.2) is 11.1 Å².